The zero-order valence-corrected chi connectivity index (χ0v) is 11.8. The van der Waals surface area contributed by atoms with Gasteiger partial charge in [0, 0.05) is 18.3 Å². The second-order valence-electron chi connectivity index (χ2n) is 6.10. The van der Waals surface area contributed by atoms with E-state index in [2.05, 4.69) is 50.2 Å². The highest BCUT2D eigenvalue weighted by molar-refractivity contribution is 5.53. The molecule has 0 saturated carbocycles. The Kier molecular flexibility index (Phi) is 3.71. The van der Waals surface area contributed by atoms with Gasteiger partial charge in [-0.15, -0.1) is 0 Å². The fraction of sp³-hybridized carbons (Fsp3) is 0.533. The highest BCUT2D eigenvalue weighted by atomic mass is 15.2. The highest BCUT2D eigenvalue weighted by Crippen LogP contribution is 2.24. The van der Waals surface area contributed by atoms with Gasteiger partial charge in [-0.2, -0.15) is 5.10 Å². The van der Waals surface area contributed by atoms with Gasteiger partial charge in [0.25, 0.3) is 0 Å². The molecule has 0 amide bonds. The molecule has 2 heterocycles. The Morgan fingerprint density at radius 1 is 1.33 bits per heavy atom. The smallest absolute Gasteiger partial charge is 0.0706 e. The summed E-state index contributed by atoms with van der Waals surface area (Å²) in [5.74, 6) is 0.652. The van der Waals surface area contributed by atoms with Gasteiger partial charge in [-0.05, 0) is 30.0 Å². The van der Waals surface area contributed by atoms with Crippen LogP contribution in [0.2, 0.25) is 0 Å². The summed E-state index contributed by atoms with van der Waals surface area (Å²) in [6.45, 7) is 11.1. The van der Waals surface area contributed by atoms with E-state index in [1.54, 1.807) is 0 Å². The average Bonchev–Trinajstić information content (AvgIpc) is 2.71. The topological polar surface area (TPSA) is 29.3 Å². The van der Waals surface area contributed by atoms with Crippen LogP contribution in [0.15, 0.2) is 30.6 Å². The van der Waals surface area contributed by atoms with E-state index in [0.717, 1.165) is 13.1 Å². The fourth-order valence-electron chi connectivity index (χ4n) is 1.85. The number of rotatable bonds is 4. The SMILES string of the molecule is CC(CNCc1cnn2ccccc12)C(C)(C)C. The van der Waals surface area contributed by atoms with Crippen LogP contribution in [-0.4, -0.2) is 16.2 Å². The minimum absolute atomic E-state index is 0.355. The second kappa shape index (κ2) is 5.11. The van der Waals surface area contributed by atoms with E-state index in [1.165, 1.54) is 11.1 Å². The van der Waals surface area contributed by atoms with Crippen LogP contribution in [0, 0.1) is 11.3 Å². The van der Waals surface area contributed by atoms with Crippen molar-refractivity contribution in [2.24, 2.45) is 11.3 Å². The molecular formula is C15H23N3. The predicted octanol–water partition coefficient (Wildman–Crippen LogP) is 3.11. The molecule has 3 heteroatoms. The van der Waals surface area contributed by atoms with Crippen LogP contribution >= 0.6 is 0 Å². The minimum atomic E-state index is 0.355. The summed E-state index contributed by atoms with van der Waals surface area (Å²) in [5, 5.41) is 7.87. The van der Waals surface area contributed by atoms with Crippen molar-refractivity contribution < 1.29 is 0 Å². The first-order chi connectivity index (χ1) is 8.48. The number of fused-ring (bicyclic) bond motifs is 1. The van der Waals surface area contributed by atoms with Crippen LogP contribution in [-0.2, 0) is 6.54 Å². The van der Waals surface area contributed by atoms with E-state index < -0.39 is 0 Å². The third kappa shape index (κ3) is 2.91. The molecule has 0 aliphatic carbocycles. The van der Waals surface area contributed by atoms with E-state index in [9.17, 15) is 0 Å². The largest absolute Gasteiger partial charge is 0.312 e. The monoisotopic (exact) mass is 245 g/mol. The standard InChI is InChI=1S/C15H23N3/c1-12(15(2,3)4)9-16-10-13-11-17-18-8-6-5-7-14(13)18/h5-8,11-12,16H,9-10H2,1-4H3. The van der Waals surface area contributed by atoms with Crippen LogP contribution in [0.4, 0.5) is 0 Å². The maximum Gasteiger partial charge on any atom is 0.0706 e. The van der Waals surface area contributed by atoms with Crippen molar-refractivity contribution in [3.63, 3.8) is 0 Å². The quantitative estimate of drug-likeness (QED) is 0.897. The second-order valence-corrected chi connectivity index (χ2v) is 6.10. The molecule has 2 aromatic heterocycles. The third-order valence-electron chi connectivity index (χ3n) is 3.75. The van der Waals surface area contributed by atoms with Gasteiger partial charge >= 0.3 is 0 Å². The molecular weight excluding hydrogens is 222 g/mol. The van der Waals surface area contributed by atoms with Crippen LogP contribution in [0.25, 0.3) is 5.52 Å². The lowest BCUT2D eigenvalue weighted by molar-refractivity contribution is 0.252. The van der Waals surface area contributed by atoms with Crippen LogP contribution in [0.5, 0.6) is 0 Å². The Labute approximate surface area is 109 Å². The van der Waals surface area contributed by atoms with Crippen molar-refractivity contribution in [2.75, 3.05) is 6.54 Å². The maximum absolute atomic E-state index is 4.34. The van der Waals surface area contributed by atoms with Gasteiger partial charge in [-0.25, -0.2) is 4.52 Å². The first-order valence-corrected chi connectivity index (χ1v) is 6.60. The highest BCUT2D eigenvalue weighted by Gasteiger charge is 2.19. The fourth-order valence-corrected chi connectivity index (χ4v) is 1.85. The molecule has 0 saturated heterocycles. The van der Waals surface area contributed by atoms with E-state index >= 15 is 0 Å². The first kappa shape index (κ1) is 13.1. The molecule has 0 aliphatic heterocycles. The Morgan fingerprint density at radius 2 is 2.11 bits per heavy atom. The molecule has 0 fully saturated rings. The van der Waals surface area contributed by atoms with Gasteiger partial charge in [-0.1, -0.05) is 33.8 Å². The van der Waals surface area contributed by atoms with Crippen LogP contribution in [0.3, 0.4) is 0 Å². The normalized spacial score (nSPS) is 14.0. The third-order valence-corrected chi connectivity index (χ3v) is 3.75. The lowest BCUT2D eigenvalue weighted by Crippen LogP contribution is -2.29. The minimum Gasteiger partial charge on any atom is -0.312 e. The lowest BCUT2D eigenvalue weighted by atomic mass is 9.82. The molecule has 0 aliphatic rings. The Hall–Kier alpha value is -1.35. The number of aromatic nitrogens is 2. The number of pyridine rings is 1. The van der Waals surface area contributed by atoms with Gasteiger partial charge in [0.15, 0.2) is 0 Å². The van der Waals surface area contributed by atoms with Crippen LogP contribution < -0.4 is 5.32 Å². The molecule has 1 atom stereocenters. The summed E-state index contributed by atoms with van der Waals surface area (Å²) in [6.07, 6.45) is 3.93. The van der Waals surface area contributed by atoms with Crippen molar-refractivity contribution in [2.45, 2.75) is 34.2 Å². The van der Waals surface area contributed by atoms with Crippen molar-refractivity contribution in [1.82, 2.24) is 14.9 Å². The molecule has 1 unspecified atom stereocenters. The summed E-state index contributed by atoms with van der Waals surface area (Å²) < 4.78 is 1.92. The number of nitrogens with one attached hydrogen (secondary N) is 1. The van der Waals surface area contributed by atoms with Gasteiger partial charge in [-0.3, -0.25) is 0 Å². The zero-order valence-electron chi connectivity index (χ0n) is 11.8. The molecule has 2 aromatic rings. The molecule has 0 aromatic carbocycles. The van der Waals surface area contributed by atoms with Gasteiger partial charge in [0.2, 0.25) is 0 Å². The molecule has 0 spiro atoms. The van der Waals surface area contributed by atoms with Crippen molar-refractivity contribution in [3.05, 3.63) is 36.2 Å². The predicted molar refractivity (Wildman–Crippen MR) is 75.5 cm³/mol. The summed E-state index contributed by atoms with van der Waals surface area (Å²) in [7, 11) is 0. The Bertz CT molecular complexity index is 508. The Balaban J connectivity index is 1.95. The summed E-state index contributed by atoms with van der Waals surface area (Å²) in [5.41, 5.74) is 2.80. The van der Waals surface area contributed by atoms with Crippen molar-refractivity contribution >= 4 is 5.52 Å². The van der Waals surface area contributed by atoms with Crippen LogP contribution in [0.1, 0.15) is 33.3 Å². The Morgan fingerprint density at radius 3 is 2.83 bits per heavy atom. The van der Waals surface area contributed by atoms with Gasteiger partial charge < -0.3 is 5.32 Å². The van der Waals surface area contributed by atoms with Gasteiger partial charge in [0.05, 0.1) is 11.7 Å². The lowest BCUT2D eigenvalue weighted by Gasteiger charge is -2.27. The average molecular weight is 245 g/mol. The molecule has 0 bridgehead atoms. The molecule has 0 radical (unpaired) electrons. The van der Waals surface area contributed by atoms with Crippen molar-refractivity contribution in [1.29, 1.82) is 0 Å². The number of nitrogens with zero attached hydrogens (tertiary/aromatic N) is 2. The molecule has 18 heavy (non-hydrogen) atoms. The van der Waals surface area contributed by atoms with E-state index in [1.807, 2.05) is 23.0 Å². The van der Waals surface area contributed by atoms with E-state index in [4.69, 9.17) is 0 Å². The molecule has 98 valence electrons. The summed E-state index contributed by atoms with van der Waals surface area (Å²) in [6, 6.07) is 6.16. The number of hydrogen-bond acceptors (Lipinski definition) is 2. The summed E-state index contributed by atoms with van der Waals surface area (Å²) >= 11 is 0. The zero-order chi connectivity index (χ0) is 13.2. The van der Waals surface area contributed by atoms with Gasteiger partial charge in [0.1, 0.15) is 0 Å². The molecule has 2 rings (SSSR count). The molecule has 1 N–H and O–H groups in total. The molecule has 3 nitrogen and oxygen atoms in total. The maximum atomic E-state index is 4.34. The first-order valence-electron chi connectivity index (χ1n) is 6.60. The number of hydrogen-bond donors (Lipinski definition) is 1. The van der Waals surface area contributed by atoms with Crippen molar-refractivity contribution in [3.8, 4) is 0 Å². The van der Waals surface area contributed by atoms with E-state index in [-0.39, 0.29) is 0 Å². The summed E-state index contributed by atoms with van der Waals surface area (Å²) in [4.78, 5) is 0. The van der Waals surface area contributed by atoms with E-state index in [0.29, 0.717) is 11.3 Å².